The maximum absolute atomic E-state index is 12.8. The molecule has 1 atom stereocenters. The number of amides is 2. The molecule has 7 heteroatoms. The molecule has 0 saturated carbocycles. The van der Waals surface area contributed by atoms with Gasteiger partial charge in [0.15, 0.2) is 0 Å². The number of likely N-dealkylation sites (tertiary alicyclic amines) is 1. The molecule has 0 spiro atoms. The van der Waals surface area contributed by atoms with Gasteiger partial charge in [0.2, 0.25) is 0 Å². The number of carbonyl (C=O) groups is 2. The summed E-state index contributed by atoms with van der Waals surface area (Å²) < 4.78 is 12.8. The van der Waals surface area contributed by atoms with Crippen LogP contribution in [0, 0.1) is 11.2 Å². The smallest absolute Gasteiger partial charge is 0.317 e. The predicted octanol–water partition coefficient (Wildman–Crippen LogP) is 2.81. The standard InChI is InChI=1S/C16H21FN2O3S/c1-16(14(20)21)7-9-19(11-16)15(22)18-8-2-10-23-13-5-3-12(17)4-6-13/h3-6H,2,7-11H2,1H3,(H,18,22)(H,20,21). The van der Waals surface area contributed by atoms with Crippen molar-refractivity contribution < 1.29 is 19.1 Å². The van der Waals surface area contributed by atoms with Crippen molar-refractivity contribution in [2.45, 2.75) is 24.7 Å². The number of carbonyl (C=O) groups excluding carboxylic acids is 1. The number of carboxylic acids is 1. The average Bonchev–Trinajstić information content (AvgIpc) is 2.93. The predicted molar refractivity (Wildman–Crippen MR) is 87.1 cm³/mol. The summed E-state index contributed by atoms with van der Waals surface area (Å²) in [7, 11) is 0. The van der Waals surface area contributed by atoms with Gasteiger partial charge in [0, 0.05) is 24.5 Å². The van der Waals surface area contributed by atoms with E-state index in [-0.39, 0.29) is 18.4 Å². The molecule has 0 bridgehead atoms. The second-order valence-corrected chi connectivity index (χ2v) is 7.09. The van der Waals surface area contributed by atoms with Gasteiger partial charge in [0.1, 0.15) is 5.82 Å². The minimum absolute atomic E-state index is 0.207. The number of halogens is 1. The lowest BCUT2D eigenvalue weighted by molar-refractivity contribution is -0.146. The van der Waals surface area contributed by atoms with Gasteiger partial charge in [-0.2, -0.15) is 0 Å². The monoisotopic (exact) mass is 340 g/mol. The summed E-state index contributed by atoms with van der Waals surface area (Å²) in [6.07, 6.45) is 1.27. The number of rotatable bonds is 6. The van der Waals surface area contributed by atoms with E-state index in [2.05, 4.69) is 5.32 Å². The van der Waals surface area contributed by atoms with E-state index in [0.29, 0.717) is 19.5 Å². The third-order valence-corrected chi connectivity index (χ3v) is 5.05. The lowest BCUT2D eigenvalue weighted by atomic mass is 9.90. The van der Waals surface area contributed by atoms with E-state index in [1.807, 2.05) is 0 Å². The quantitative estimate of drug-likeness (QED) is 0.617. The Morgan fingerprint density at radius 2 is 2.09 bits per heavy atom. The maximum Gasteiger partial charge on any atom is 0.317 e. The zero-order valence-corrected chi connectivity index (χ0v) is 13.9. The van der Waals surface area contributed by atoms with E-state index >= 15 is 0 Å². The first-order valence-corrected chi connectivity index (χ1v) is 8.54. The Bertz CT molecular complexity index is 567. The van der Waals surface area contributed by atoms with Crippen molar-refractivity contribution in [1.82, 2.24) is 10.2 Å². The van der Waals surface area contributed by atoms with Gasteiger partial charge in [-0.15, -0.1) is 11.8 Å². The molecule has 1 aromatic rings. The minimum Gasteiger partial charge on any atom is -0.481 e. The fourth-order valence-electron chi connectivity index (χ4n) is 2.41. The number of carboxylic acid groups (broad SMARTS) is 1. The molecule has 1 heterocycles. The first-order valence-electron chi connectivity index (χ1n) is 7.55. The Hall–Kier alpha value is -1.76. The van der Waals surface area contributed by atoms with E-state index in [9.17, 15) is 14.0 Å². The number of hydrogen-bond acceptors (Lipinski definition) is 3. The Morgan fingerprint density at radius 3 is 2.70 bits per heavy atom. The van der Waals surface area contributed by atoms with Crippen LogP contribution in [-0.4, -0.2) is 47.4 Å². The number of hydrogen-bond donors (Lipinski definition) is 2. The average molecular weight is 340 g/mol. The lowest BCUT2D eigenvalue weighted by Crippen LogP contribution is -2.41. The molecular formula is C16H21FN2O3S. The zero-order valence-electron chi connectivity index (χ0n) is 13.0. The SMILES string of the molecule is CC1(C(=O)O)CCN(C(=O)NCCCSc2ccc(F)cc2)C1. The zero-order chi connectivity index (χ0) is 16.9. The second kappa shape index (κ2) is 7.68. The van der Waals surface area contributed by atoms with Crippen molar-refractivity contribution in [2.24, 2.45) is 5.41 Å². The molecule has 0 aromatic heterocycles. The molecule has 23 heavy (non-hydrogen) atoms. The van der Waals surface area contributed by atoms with Gasteiger partial charge in [0.05, 0.1) is 5.41 Å². The van der Waals surface area contributed by atoms with Crippen molar-refractivity contribution in [3.63, 3.8) is 0 Å². The molecule has 2 N–H and O–H groups in total. The highest BCUT2D eigenvalue weighted by Crippen LogP contribution is 2.29. The van der Waals surface area contributed by atoms with Crippen molar-refractivity contribution in [1.29, 1.82) is 0 Å². The first kappa shape index (κ1) is 17.6. The van der Waals surface area contributed by atoms with E-state index in [1.165, 1.54) is 12.1 Å². The number of thioether (sulfide) groups is 1. The molecule has 1 unspecified atom stereocenters. The topological polar surface area (TPSA) is 69.6 Å². The third-order valence-electron chi connectivity index (χ3n) is 3.96. The highest BCUT2D eigenvalue weighted by molar-refractivity contribution is 7.99. The molecule has 1 fully saturated rings. The van der Waals surface area contributed by atoms with E-state index < -0.39 is 11.4 Å². The summed E-state index contributed by atoms with van der Waals surface area (Å²) in [6.45, 7) is 2.92. The van der Waals surface area contributed by atoms with Crippen LogP contribution in [0.15, 0.2) is 29.2 Å². The van der Waals surface area contributed by atoms with Crippen molar-refractivity contribution in [3.05, 3.63) is 30.1 Å². The molecule has 0 aliphatic carbocycles. The molecule has 126 valence electrons. The molecule has 0 radical (unpaired) electrons. The summed E-state index contributed by atoms with van der Waals surface area (Å²) in [5.41, 5.74) is -0.838. The summed E-state index contributed by atoms with van der Waals surface area (Å²) in [4.78, 5) is 25.7. The molecular weight excluding hydrogens is 319 g/mol. The van der Waals surface area contributed by atoms with Gasteiger partial charge in [-0.3, -0.25) is 4.79 Å². The van der Waals surface area contributed by atoms with Crippen LogP contribution in [-0.2, 0) is 4.79 Å². The lowest BCUT2D eigenvalue weighted by Gasteiger charge is -2.20. The third kappa shape index (κ3) is 4.86. The molecule has 1 aromatic carbocycles. The fraction of sp³-hybridized carbons (Fsp3) is 0.500. The number of nitrogens with zero attached hydrogens (tertiary/aromatic N) is 1. The summed E-state index contributed by atoms with van der Waals surface area (Å²) in [6, 6.07) is 6.11. The number of benzene rings is 1. The highest BCUT2D eigenvalue weighted by Gasteiger charge is 2.42. The van der Waals surface area contributed by atoms with E-state index in [4.69, 9.17) is 5.11 Å². The van der Waals surface area contributed by atoms with Gasteiger partial charge < -0.3 is 15.3 Å². The fourth-order valence-corrected chi connectivity index (χ4v) is 3.26. The van der Waals surface area contributed by atoms with Crippen LogP contribution in [0.2, 0.25) is 0 Å². The van der Waals surface area contributed by atoms with Crippen LogP contribution >= 0.6 is 11.8 Å². The normalized spacial score (nSPS) is 20.5. The van der Waals surface area contributed by atoms with Gasteiger partial charge in [-0.25, -0.2) is 9.18 Å². The Morgan fingerprint density at radius 1 is 1.39 bits per heavy atom. The minimum atomic E-state index is -0.858. The number of urea groups is 1. The number of aliphatic carboxylic acids is 1. The molecule has 1 aliphatic heterocycles. The van der Waals surface area contributed by atoms with Crippen LogP contribution < -0.4 is 5.32 Å². The van der Waals surface area contributed by atoms with Crippen LogP contribution in [0.3, 0.4) is 0 Å². The van der Waals surface area contributed by atoms with Crippen LogP contribution in [0.25, 0.3) is 0 Å². The second-order valence-electron chi connectivity index (χ2n) is 5.93. The molecule has 2 amide bonds. The summed E-state index contributed by atoms with van der Waals surface area (Å²) in [5.74, 6) is -0.289. The van der Waals surface area contributed by atoms with Gasteiger partial charge in [-0.05, 0) is 49.8 Å². The Balaban J connectivity index is 1.64. The highest BCUT2D eigenvalue weighted by atomic mass is 32.2. The van der Waals surface area contributed by atoms with E-state index in [0.717, 1.165) is 17.1 Å². The van der Waals surface area contributed by atoms with E-state index in [1.54, 1.807) is 35.7 Å². The molecule has 5 nitrogen and oxygen atoms in total. The van der Waals surface area contributed by atoms with Crippen LogP contribution in [0.4, 0.5) is 9.18 Å². The Labute approximate surface area is 139 Å². The van der Waals surface area contributed by atoms with Gasteiger partial charge in [0.25, 0.3) is 0 Å². The summed E-state index contributed by atoms with van der Waals surface area (Å²) >= 11 is 1.61. The van der Waals surface area contributed by atoms with Crippen LogP contribution in [0.5, 0.6) is 0 Å². The molecule has 1 aliphatic rings. The van der Waals surface area contributed by atoms with Gasteiger partial charge >= 0.3 is 12.0 Å². The first-order chi connectivity index (χ1) is 10.9. The van der Waals surface area contributed by atoms with Gasteiger partial charge in [-0.1, -0.05) is 0 Å². The Kier molecular flexibility index (Phi) is 5.87. The van der Waals surface area contributed by atoms with Crippen molar-refractivity contribution in [3.8, 4) is 0 Å². The molecule has 1 saturated heterocycles. The summed E-state index contributed by atoms with van der Waals surface area (Å²) in [5, 5.41) is 12.0. The molecule has 2 rings (SSSR count). The van der Waals surface area contributed by atoms with Crippen molar-refractivity contribution >= 4 is 23.8 Å². The maximum atomic E-state index is 12.8. The van der Waals surface area contributed by atoms with Crippen LogP contribution in [0.1, 0.15) is 19.8 Å². The number of nitrogens with one attached hydrogen (secondary N) is 1. The van der Waals surface area contributed by atoms with Crippen molar-refractivity contribution in [2.75, 3.05) is 25.4 Å². The largest absolute Gasteiger partial charge is 0.481 e.